The number of amides is 1. The van der Waals surface area contributed by atoms with Crippen molar-refractivity contribution in [2.45, 2.75) is 38.6 Å². The van der Waals surface area contributed by atoms with E-state index in [1.807, 2.05) is 13.8 Å². The lowest BCUT2D eigenvalue weighted by Gasteiger charge is -2.08. The summed E-state index contributed by atoms with van der Waals surface area (Å²) in [5.41, 5.74) is -0.00983. The smallest absolute Gasteiger partial charge is 0.291 e. The van der Waals surface area contributed by atoms with Crippen molar-refractivity contribution in [1.29, 1.82) is 0 Å². The minimum Gasteiger partial charge on any atom is -0.344 e. The highest BCUT2D eigenvalue weighted by molar-refractivity contribution is 5.91. The summed E-state index contributed by atoms with van der Waals surface area (Å²) in [5.74, 6) is 0.812. The molecule has 0 radical (unpaired) electrons. The van der Waals surface area contributed by atoms with Gasteiger partial charge in [0.05, 0.1) is 0 Å². The van der Waals surface area contributed by atoms with Gasteiger partial charge in [-0.1, -0.05) is 6.92 Å². The van der Waals surface area contributed by atoms with Crippen LogP contribution in [0.4, 0.5) is 0 Å². The Kier molecular flexibility index (Phi) is 2.02. The van der Waals surface area contributed by atoms with E-state index in [0.29, 0.717) is 0 Å². The summed E-state index contributed by atoms with van der Waals surface area (Å²) in [6, 6.07) is 0. The molecule has 2 N–H and O–H groups in total. The quantitative estimate of drug-likeness (QED) is 0.742. The summed E-state index contributed by atoms with van der Waals surface area (Å²) in [4.78, 5) is 15.6. The van der Waals surface area contributed by atoms with Crippen molar-refractivity contribution in [2.75, 3.05) is 0 Å². The van der Waals surface area contributed by atoms with E-state index in [2.05, 4.69) is 20.5 Å². The number of aromatic amines is 1. The van der Waals surface area contributed by atoms with E-state index in [1.54, 1.807) is 0 Å². The molecule has 5 nitrogen and oxygen atoms in total. The van der Waals surface area contributed by atoms with Gasteiger partial charge in [0.1, 0.15) is 5.82 Å². The van der Waals surface area contributed by atoms with Crippen molar-refractivity contribution in [2.24, 2.45) is 0 Å². The van der Waals surface area contributed by atoms with Crippen LogP contribution in [0.2, 0.25) is 0 Å². The lowest BCUT2D eigenvalue weighted by molar-refractivity contribution is 0.0925. The van der Waals surface area contributed by atoms with E-state index in [-0.39, 0.29) is 17.3 Å². The molecular formula is C9H14N4O. The fourth-order valence-corrected chi connectivity index (χ4v) is 1.20. The van der Waals surface area contributed by atoms with E-state index in [4.69, 9.17) is 0 Å². The molecule has 0 bridgehead atoms. The lowest BCUT2D eigenvalue weighted by Crippen LogP contribution is -2.34. The molecule has 1 fully saturated rings. The van der Waals surface area contributed by atoms with Crippen LogP contribution in [0, 0.1) is 0 Å². The number of hydrogen-bond donors (Lipinski definition) is 2. The second kappa shape index (κ2) is 3.08. The molecule has 1 aromatic rings. The van der Waals surface area contributed by atoms with Crippen molar-refractivity contribution in [3.63, 3.8) is 0 Å². The van der Waals surface area contributed by atoms with Crippen LogP contribution in [-0.2, 0) is 6.42 Å². The molecule has 0 unspecified atom stereocenters. The molecular weight excluding hydrogens is 180 g/mol. The van der Waals surface area contributed by atoms with E-state index >= 15 is 0 Å². The maximum Gasteiger partial charge on any atom is 0.291 e. The van der Waals surface area contributed by atoms with Crippen LogP contribution in [0.3, 0.4) is 0 Å². The van der Waals surface area contributed by atoms with Crippen LogP contribution in [-0.4, -0.2) is 26.6 Å². The molecule has 2 rings (SSSR count). The molecule has 1 aliphatic rings. The molecule has 1 heterocycles. The highest BCUT2D eigenvalue weighted by Crippen LogP contribution is 2.34. The number of carbonyl (C=O) groups excluding carboxylic acids is 1. The summed E-state index contributed by atoms with van der Waals surface area (Å²) in [5, 5.41) is 9.47. The molecule has 0 spiro atoms. The molecule has 0 atom stereocenters. The van der Waals surface area contributed by atoms with Gasteiger partial charge in [0.2, 0.25) is 5.82 Å². The van der Waals surface area contributed by atoms with Crippen LogP contribution in [0.5, 0.6) is 0 Å². The predicted octanol–water partition coefficient (Wildman–Crippen LogP) is 0.649. The van der Waals surface area contributed by atoms with Crippen LogP contribution in [0.1, 0.15) is 43.1 Å². The number of aromatic nitrogens is 3. The van der Waals surface area contributed by atoms with Crippen molar-refractivity contribution < 1.29 is 4.79 Å². The number of H-pyrrole nitrogens is 1. The third-order valence-corrected chi connectivity index (χ3v) is 2.49. The number of rotatable bonds is 3. The Morgan fingerprint density at radius 3 is 2.86 bits per heavy atom. The van der Waals surface area contributed by atoms with E-state index < -0.39 is 0 Å². The third kappa shape index (κ3) is 1.76. The SMILES string of the molecule is CCc1nc(C(=O)NC2(C)CC2)n[nH]1. The fourth-order valence-electron chi connectivity index (χ4n) is 1.20. The Morgan fingerprint density at radius 2 is 2.36 bits per heavy atom. The van der Waals surface area contributed by atoms with Gasteiger partial charge in [-0.05, 0) is 19.8 Å². The first-order chi connectivity index (χ1) is 6.63. The molecule has 14 heavy (non-hydrogen) atoms. The zero-order valence-corrected chi connectivity index (χ0v) is 8.42. The van der Waals surface area contributed by atoms with E-state index in [9.17, 15) is 4.79 Å². The summed E-state index contributed by atoms with van der Waals surface area (Å²) >= 11 is 0. The molecule has 0 saturated heterocycles. The molecule has 1 amide bonds. The van der Waals surface area contributed by atoms with Crippen LogP contribution in [0.25, 0.3) is 0 Å². The molecule has 1 aromatic heterocycles. The zero-order valence-electron chi connectivity index (χ0n) is 8.42. The van der Waals surface area contributed by atoms with Gasteiger partial charge in [0.15, 0.2) is 0 Å². The fraction of sp³-hybridized carbons (Fsp3) is 0.667. The van der Waals surface area contributed by atoms with Crippen molar-refractivity contribution in [3.05, 3.63) is 11.6 Å². The average Bonchev–Trinajstić information content (AvgIpc) is 2.71. The summed E-state index contributed by atoms with van der Waals surface area (Å²) in [6.45, 7) is 3.99. The second-order valence-corrected chi connectivity index (χ2v) is 3.97. The van der Waals surface area contributed by atoms with Crippen molar-refractivity contribution >= 4 is 5.91 Å². The van der Waals surface area contributed by atoms with Crippen molar-refractivity contribution in [3.8, 4) is 0 Å². The Bertz CT molecular complexity index is 353. The maximum atomic E-state index is 11.6. The minimum absolute atomic E-state index is 0.00983. The van der Waals surface area contributed by atoms with E-state index in [1.165, 1.54) is 0 Å². The third-order valence-electron chi connectivity index (χ3n) is 2.49. The summed E-state index contributed by atoms with van der Waals surface area (Å²) < 4.78 is 0. The molecule has 1 aliphatic carbocycles. The highest BCUT2D eigenvalue weighted by Gasteiger charge is 2.39. The predicted molar refractivity (Wildman–Crippen MR) is 50.9 cm³/mol. The van der Waals surface area contributed by atoms with Gasteiger partial charge in [-0.3, -0.25) is 9.89 Å². The number of nitrogens with one attached hydrogen (secondary N) is 2. The van der Waals surface area contributed by atoms with E-state index in [0.717, 1.165) is 25.1 Å². The monoisotopic (exact) mass is 194 g/mol. The number of hydrogen-bond acceptors (Lipinski definition) is 3. The van der Waals surface area contributed by atoms with Crippen LogP contribution >= 0.6 is 0 Å². The van der Waals surface area contributed by atoms with Gasteiger partial charge < -0.3 is 5.32 Å². The Hall–Kier alpha value is -1.39. The van der Waals surface area contributed by atoms with Crippen LogP contribution in [0.15, 0.2) is 0 Å². The number of nitrogens with zero attached hydrogens (tertiary/aromatic N) is 2. The van der Waals surface area contributed by atoms with Crippen LogP contribution < -0.4 is 5.32 Å². The van der Waals surface area contributed by atoms with Gasteiger partial charge in [-0.25, -0.2) is 4.98 Å². The molecule has 0 aliphatic heterocycles. The second-order valence-electron chi connectivity index (χ2n) is 3.97. The first kappa shape index (κ1) is 9.18. The maximum absolute atomic E-state index is 11.6. The summed E-state index contributed by atoms with van der Waals surface area (Å²) in [6.07, 6.45) is 2.85. The summed E-state index contributed by atoms with van der Waals surface area (Å²) in [7, 11) is 0. The Labute approximate surface area is 82.3 Å². The average molecular weight is 194 g/mol. The molecule has 76 valence electrons. The van der Waals surface area contributed by atoms with Gasteiger partial charge >= 0.3 is 0 Å². The topological polar surface area (TPSA) is 70.7 Å². The van der Waals surface area contributed by atoms with Gasteiger partial charge in [0.25, 0.3) is 5.91 Å². The standard InChI is InChI=1S/C9H14N4O/c1-3-6-10-7(13-12-6)8(14)11-9(2)4-5-9/h3-5H2,1-2H3,(H,11,14)(H,10,12,13). The van der Waals surface area contributed by atoms with Gasteiger partial charge in [-0.2, -0.15) is 0 Å². The molecule has 1 saturated carbocycles. The normalized spacial score (nSPS) is 17.9. The number of aryl methyl sites for hydroxylation is 1. The minimum atomic E-state index is -0.180. The first-order valence-electron chi connectivity index (χ1n) is 4.87. The number of carbonyl (C=O) groups is 1. The largest absolute Gasteiger partial charge is 0.344 e. The Balaban J connectivity index is 2.03. The molecule has 0 aromatic carbocycles. The van der Waals surface area contributed by atoms with Crippen molar-refractivity contribution in [1.82, 2.24) is 20.5 Å². The molecule has 5 heteroatoms. The lowest BCUT2D eigenvalue weighted by atomic mass is 10.3. The zero-order chi connectivity index (χ0) is 10.2. The first-order valence-corrected chi connectivity index (χ1v) is 4.87. The Morgan fingerprint density at radius 1 is 1.64 bits per heavy atom. The van der Waals surface area contributed by atoms with Gasteiger partial charge in [-0.15, -0.1) is 5.10 Å². The highest BCUT2D eigenvalue weighted by atomic mass is 16.2. The van der Waals surface area contributed by atoms with Gasteiger partial charge in [0, 0.05) is 12.0 Å².